The van der Waals surface area contributed by atoms with E-state index in [4.69, 9.17) is 11.5 Å². The van der Waals surface area contributed by atoms with E-state index in [9.17, 15) is 18.0 Å². The SMILES string of the molecule is NC(=O)C(N)c1ccc(-n2cc(C(F)(F)F)cc2-c2ccc3c(ccc4ccccc43)c2)cc1. The molecule has 7 heteroatoms. The third-order valence-corrected chi connectivity index (χ3v) is 6.02. The molecule has 0 saturated heterocycles. The van der Waals surface area contributed by atoms with Crippen LogP contribution in [0.4, 0.5) is 13.2 Å². The Balaban J connectivity index is 1.65. The average molecular weight is 459 g/mol. The van der Waals surface area contributed by atoms with Crippen molar-refractivity contribution in [3.63, 3.8) is 0 Å². The van der Waals surface area contributed by atoms with Crippen LogP contribution in [0.5, 0.6) is 0 Å². The highest BCUT2D eigenvalue weighted by atomic mass is 19.4. The Labute approximate surface area is 193 Å². The van der Waals surface area contributed by atoms with E-state index in [0.29, 0.717) is 22.5 Å². The second-order valence-electron chi connectivity index (χ2n) is 8.18. The Kier molecular flexibility index (Phi) is 5.14. The molecule has 0 saturated carbocycles. The van der Waals surface area contributed by atoms with Gasteiger partial charge in [-0.2, -0.15) is 13.2 Å². The number of nitrogens with two attached hydrogens (primary N) is 2. The molecule has 34 heavy (non-hydrogen) atoms. The van der Waals surface area contributed by atoms with Crippen LogP contribution in [0.1, 0.15) is 17.2 Å². The summed E-state index contributed by atoms with van der Waals surface area (Å²) in [6.07, 6.45) is -3.43. The van der Waals surface area contributed by atoms with Crippen LogP contribution < -0.4 is 11.5 Å². The van der Waals surface area contributed by atoms with E-state index >= 15 is 0 Å². The first-order valence-electron chi connectivity index (χ1n) is 10.6. The second kappa shape index (κ2) is 8.04. The third kappa shape index (κ3) is 3.80. The molecule has 1 unspecified atom stereocenters. The van der Waals surface area contributed by atoms with Crippen LogP contribution in [-0.4, -0.2) is 10.5 Å². The summed E-state index contributed by atoms with van der Waals surface area (Å²) in [7, 11) is 0. The van der Waals surface area contributed by atoms with Gasteiger partial charge in [-0.3, -0.25) is 4.79 Å². The summed E-state index contributed by atoms with van der Waals surface area (Å²) in [5.74, 6) is -0.683. The monoisotopic (exact) mass is 459 g/mol. The van der Waals surface area contributed by atoms with Crippen molar-refractivity contribution in [1.29, 1.82) is 0 Å². The van der Waals surface area contributed by atoms with Crippen molar-refractivity contribution < 1.29 is 18.0 Å². The van der Waals surface area contributed by atoms with Gasteiger partial charge in [0, 0.05) is 11.9 Å². The van der Waals surface area contributed by atoms with E-state index in [-0.39, 0.29) is 0 Å². The van der Waals surface area contributed by atoms with Gasteiger partial charge in [-0.1, -0.05) is 60.7 Å². The Hall–Kier alpha value is -4.10. The summed E-state index contributed by atoms with van der Waals surface area (Å²) in [5, 5.41) is 4.14. The first kappa shape index (κ1) is 21.7. The number of nitrogens with zero attached hydrogens (tertiary/aromatic N) is 1. The van der Waals surface area contributed by atoms with Crippen LogP contribution in [-0.2, 0) is 11.0 Å². The number of primary amides is 1. The summed E-state index contributed by atoms with van der Waals surface area (Å²) in [4.78, 5) is 11.4. The molecule has 0 radical (unpaired) electrons. The zero-order chi connectivity index (χ0) is 24.0. The fourth-order valence-electron chi connectivity index (χ4n) is 4.23. The minimum atomic E-state index is -4.50. The molecule has 1 heterocycles. The summed E-state index contributed by atoms with van der Waals surface area (Å²) in [6.45, 7) is 0. The van der Waals surface area contributed by atoms with Gasteiger partial charge in [0.05, 0.1) is 11.3 Å². The number of halogens is 3. The molecule has 0 spiro atoms. The first-order chi connectivity index (χ1) is 16.2. The molecule has 170 valence electrons. The third-order valence-electron chi connectivity index (χ3n) is 6.02. The largest absolute Gasteiger partial charge is 0.417 e. The molecule has 1 amide bonds. The van der Waals surface area contributed by atoms with Crippen LogP contribution in [0.3, 0.4) is 0 Å². The maximum atomic E-state index is 13.6. The maximum Gasteiger partial charge on any atom is 0.417 e. The van der Waals surface area contributed by atoms with Crippen molar-refractivity contribution >= 4 is 27.5 Å². The smallest absolute Gasteiger partial charge is 0.368 e. The number of aromatic nitrogens is 1. The average Bonchev–Trinajstić information content (AvgIpc) is 3.29. The van der Waals surface area contributed by atoms with E-state index < -0.39 is 23.7 Å². The molecule has 4 aromatic carbocycles. The van der Waals surface area contributed by atoms with Crippen molar-refractivity contribution in [2.24, 2.45) is 11.5 Å². The van der Waals surface area contributed by atoms with Gasteiger partial charge in [0.1, 0.15) is 6.04 Å². The Morgan fingerprint density at radius 2 is 1.50 bits per heavy atom. The van der Waals surface area contributed by atoms with Crippen molar-refractivity contribution in [2.75, 3.05) is 0 Å². The topological polar surface area (TPSA) is 74.0 Å². The lowest BCUT2D eigenvalue weighted by Gasteiger charge is -2.13. The van der Waals surface area contributed by atoms with Crippen molar-refractivity contribution in [1.82, 2.24) is 4.57 Å². The van der Waals surface area contributed by atoms with Gasteiger partial charge in [-0.05, 0) is 56.9 Å². The molecule has 0 fully saturated rings. The summed E-state index contributed by atoms with van der Waals surface area (Å²) in [5.41, 5.74) is 12.3. The Morgan fingerprint density at radius 3 is 2.21 bits per heavy atom. The van der Waals surface area contributed by atoms with Crippen LogP contribution in [0.2, 0.25) is 0 Å². The number of hydrogen-bond acceptors (Lipinski definition) is 2. The molecule has 1 aromatic heterocycles. The highest BCUT2D eigenvalue weighted by Crippen LogP contribution is 2.37. The highest BCUT2D eigenvalue weighted by Gasteiger charge is 2.33. The summed E-state index contributed by atoms with van der Waals surface area (Å²) < 4.78 is 42.3. The normalized spacial score (nSPS) is 12.8. The Morgan fingerprint density at radius 1 is 0.824 bits per heavy atom. The molecule has 5 aromatic rings. The van der Waals surface area contributed by atoms with Crippen molar-refractivity contribution in [2.45, 2.75) is 12.2 Å². The molecular formula is C27H20F3N3O. The van der Waals surface area contributed by atoms with Crippen LogP contribution in [0.15, 0.2) is 91.1 Å². The van der Waals surface area contributed by atoms with E-state index in [1.54, 1.807) is 24.3 Å². The number of carbonyl (C=O) groups is 1. The lowest BCUT2D eigenvalue weighted by Crippen LogP contribution is -2.28. The first-order valence-corrected chi connectivity index (χ1v) is 10.6. The van der Waals surface area contributed by atoms with Crippen LogP contribution >= 0.6 is 0 Å². The predicted molar refractivity (Wildman–Crippen MR) is 127 cm³/mol. The number of benzene rings is 4. The fourth-order valence-corrected chi connectivity index (χ4v) is 4.23. The highest BCUT2D eigenvalue weighted by molar-refractivity contribution is 6.08. The molecule has 0 bridgehead atoms. The van der Waals surface area contributed by atoms with Crippen molar-refractivity contribution in [3.8, 4) is 16.9 Å². The number of carbonyl (C=O) groups excluding carboxylic acids is 1. The minimum absolute atomic E-state index is 0.398. The van der Waals surface area contributed by atoms with Gasteiger partial charge in [-0.25, -0.2) is 0 Å². The van der Waals surface area contributed by atoms with E-state index in [1.807, 2.05) is 54.6 Å². The van der Waals surface area contributed by atoms with Gasteiger partial charge >= 0.3 is 6.18 Å². The van der Waals surface area contributed by atoms with Crippen LogP contribution in [0, 0.1) is 0 Å². The standard InChI is InChI=1S/C27H20F3N3O/c28-27(29,30)20-14-24(33(15-20)21-10-7-17(8-11-21)25(31)26(32)34)19-9-12-23-18(13-19)6-5-16-3-1-2-4-22(16)23/h1-15,25H,31H2,(H2,32,34). The zero-order valence-corrected chi connectivity index (χ0v) is 17.9. The predicted octanol–water partition coefficient (Wildman–Crippen LogP) is 5.95. The van der Waals surface area contributed by atoms with Gasteiger partial charge < -0.3 is 16.0 Å². The quantitative estimate of drug-likeness (QED) is 0.326. The zero-order valence-electron chi connectivity index (χ0n) is 17.9. The van der Waals surface area contributed by atoms with E-state index in [1.165, 1.54) is 4.57 Å². The maximum absolute atomic E-state index is 13.6. The number of rotatable bonds is 4. The van der Waals surface area contributed by atoms with Gasteiger partial charge in [-0.15, -0.1) is 0 Å². The number of alkyl halides is 3. The second-order valence-corrected chi connectivity index (χ2v) is 8.18. The summed E-state index contributed by atoms with van der Waals surface area (Å²) in [6, 6.07) is 24.2. The summed E-state index contributed by atoms with van der Waals surface area (Å²) >= 11 is 0. The molecular weight excluding hydrogens is 439 g/mol. The molecule has 1 atom stereocenters. The molecule has 0 aliphatic carbocycles. The number of hydrogen-bond donors (Lipinski definition) is 2. The Bertz CT molecular complexity index is 1540. The lowest BCUT2D eigenvalue weighted by molar-refractivity contribution is -0.137. The number of amides is 1. The molecule has 4 N–H and O–H groups in total. The lowest BCUT2D eigenvalue weighted by atomic mass is 9.99. The molecule has 5 rings (SSSR count). The van der Waals surface area contributed by atoms with Gasteiger partial charge in [0.2, 0.25) is 5.91 Å². The minimum Gasteiger partial charge on any atom is -0.368 e. The molecule has 4 nitrogen and oxygen atoms in total. The fraction of sp³-hybridized carbons (Fsp3) is 0.0741. The molecule has 0 aliphatic rings. The van der Waals surface area contributed by atoms with Gasteiger partial charge in [0.15, 0.2) is 0 Å². The van der Waals surface area contributed by atoms with Crippen LogP contribution in [0.25, 0.3) is 38.5 Å². The molecule has 0 aliphatic heterocycles. The van der Waals surface area contributed by atoms with Gasteiger partial charge in [0.25, 0.3) is 0 Å². The van der Waals surface area contributed by atoms with Crippen molar-refractivity contribution in [3.05, 3.63) is 102 Å². The van der Waals surface area contributed by atoms with E-state index in [2.05, 4.69) is 0 Å². The van der Waals surface area contributed by atoms with E-state index in [0.717, 1.165) is 33.8 Å². The number of fused-ring (bicyclic) bond motifs is 3.